The monoisotopic (exact) mass is 618 g/mol. The van der Waals surface area contributed by atoms with Crippen molar-refractivity contribution in [3.8, 4) is 0 Å². The first-order valence-corrected chi connectivity index (χ1v) is 19.1. The Balaban J connectivity index is 0.000000181. The highest BCUT2D eigenvalue weighted by Gasteiger charge is 2.44. The Morgan fingerprint density at radius 3 is 0.935 bits per heavy atom. The Labute approximate surface area is 278 Å². The molecule has 0 atom stereocenters. The van der Waals surface area contributed by atoms with Crippen LogP contribution in [-0.4, -0.2) is 12.3 Å². The van der Waals surface area contributed by atoms with Crippen LogP contribution in [0.15, 0.2) is 182 Å². The zero-order valence-electron chi connectivity index (χ0n) is 27.6. The average molecular weight is 619 g/mol. The largest absolute Gasteiger partial charge is 0.200 e. The fourth-order valence-electron chi connectivity index (χ4n) is 7.21. The lowest BCUT2D eigenvalue weighted by Gasteiger charge is -2.43. The second-order valence-corrected chi connectivity index (χ2v) is 15.9. The van der Waals surface area contributed by atoms with E-state index in [0.29, 0.717) is 0 Å². The number of unbranched alkanes of at least 4 members (excludes halogenated alkanes) is 2. The van der Waals surface area contributed by atoms with E-state index in [2.05, 4.69) is 196 Å². The quantitative estimate of drug-likeness (QED) is 0.0951. The lowest BCUT2D eigenvalue weighted by molar-refractivity contribution is 0.874. The predicted molar refractivity (Wildman–Crippen MR) is 209 cm³/mol. The van der Waals surface area contributed by atoms with Gasteiger partial charge in [-0.05, 0) is 42.8 Å². The molecule has 0 saturated heterocycles. The lowest BCUT2D eigenvalue weighted by atomic mass is 9.14. The Morgan fingerprint density at radius 2 is 0.652 bits per heavy atom. The van der Waals surface area contributed by atoms with Crippen LogP contribution in [0.25, 0.3) is 0 Å². The van der Waals surface area contributed by atoms with Gasteiger partial charge in [-0.1, -0.05) is 179 Å². The van der Waals surface area contributed by atoms with Gasteiger partial charge in [-0.2, -0.15) is 22.7 Å². The van der Waals surface area contributed by atoms with Crippen LogP contribution in [0.4, 0.5) is 0 Å². The first kappa shape index (κ1) is 33.2. The van der Waals surface area contributed by atoms with Crippen molar-refractivity contribution >= 4 is 45.7 Å². The standard InChI is InChI=1S/C22H24B.C22H24P/c2*1-2-3-19-23(20-13-7-4-8-14-20,21-15-9-5-10-16-21)22-17-11-6-12-18-22/h2*4-18H,2-3,19H2,1H3/q-1;+1. The van der Waals surface area contributed by atoms with Gasteiger partial charge in [-0.3, -0.25) is 0 Å². The first-order valence-electron chi connectivity index (χ1n) is 17.1. The van der Waals surface area contributed by atoms with Crippen LogP contribution in [0.2, 0.25) is 6.32 Å². The summed E-state index contributed by atoms with van der Waals surface area (Å²) in [5.74, 6) is 0. The van der Waals surface area contributed by atoms with Crippen LogP contribution < -0.4 is 32.3 Å². The Hall–Kier alpha value is -4.19. The summed E-state index contributed by atoms with van der Waals surface area (Å²) < 4.78 is 0. The molecule has 6 rings (SSSR count). The van der Waals surface area contributed by atoms with Crippen LogP contribution in [0.1, 0.15) is 39.5 Å². The molecular weight excluding hydrogens is 570 g/mol. The molecule has 46 heavy (non-hydrogen) atoms. The maximum atomic E-state index is 2.32. The van der Waals surface area contributed by atoms with Crippen molar-refractivity contribution in [3.63, 3.8) is 0 Å². The van der Waals surface area contributed by atoms with E-state index in [1.54, 1.807) is 0 Å². The predicted octanol–water partition coefficient (Wildman–Crippen LogP) is 8.74. The molecule has 0 heterocycles. The van der Waals surface area contributed by atoms with Gasteiger partial charge in [0.25, 0.3) is 0 Å². The molecule has 6 aromatic rings. The second-order valence-electron chi connectivity index (χ2n) is 12.3. The van der Waals surface area contributed by atoms with Crippen molar-refractivity contribution in [1.29, 1.82) is 0 Å². The summed E-state index contributed by atoms with van der Waals surface area (Å²) in [5.41, 5.74) is 4.33. The SMILES string of the molecule is CCCC[B-](c1ccccc1)(c1ccccc1)c1ccccc1.CCCC[P+](c1ccccc1)(c1ccccc1)c1ccccc1. The summed E-state index contributed by atoms with van der Waals surface area (Å²) in [6.45, 7) is 4.57. The number of rotatable bonds is 12. The minimum absolute atomic E-state index is 0.913. The lowest BCUT2D eigenvalue weighted by Crippen LogP contribution is -2.66. The summed E-state index contributed by atoms with van der Waals surface area (Å²) >= 11 is 0. The van der Waals surface area contributed by atoms with Gasteiger partial charge < -0.3 is 0 Å². The number of benzene rings is 6. The minimum Gasteiger partial charge on any atom is -0.200 e. The van der Waals surface area contributed by atoms with Crippen molar-refractivity contribution in [1.82, 2.24) is 0 Å². The maximum absolute atomic E-state index is 2.32. The second kappa shape index (κ2) is 16.9. The molecule has 0 nitrogen and oxygen atoms in total. The Bertz CT molecular complexity index is 1350. The van der Waals surface area contributed by atoms with Crippen LogP contribution in [0.5, 0.6) is 0 Å². The summed E-state index contributed by atoms with van der Waals surface area (Å²) in [6.07, 6.45) is 6.45. The van der Waals surface area contributed by atoms with Crippen molar-refractivity contribution in [2.45, 2.75) is 45.9 Å². The first-order chi connectivity index (χ1) is 22.8. The van der Waals surface area contributed by atoms with Gasteiger partial charge in [-0.15, -0.1) is 0 Å². The third kappa shape index (κ3) is 7.44. The van der Waals surface area contributed by atoms with Gasteiger partial charge in [0.15, 0.2) is 0 Å². The smallest absolute Gasteiger partial charge is 0.112 e. The van der Waals surface area contributed by atoms with Crippen LogP contribution in [-0.2, 0) is 0 Å². The highest BCUT2D eigenvalue weighted by molar-refractivity contribution is 7.95. The third-order valence-corrected chi connectivity index (χ3v) is 14.1. The topological polar surface area (TPSA) is 0 Å². The molecule has 0 aliphatic heterocycles. The summed E-state index contributed by atoms with van der Waals surface area (Å²) in [4.78, 5) is 0. The molecule has 0 unspecified atom stereocenters. The highest BCUT2D eigenvalue weighted by Crippen LogP contribution is 2.55. The van der Waals surface area contributed by atoms with Crippen LogP contribution in [0, 0.1) is 0 Å². The van der Waals surface area contributed by atoms with Crippen molar-refractivity contribution in [3.05, 3.63) is 182 Å². The minimum atomic E-state index is -1.57. The summed E-state index contributed by atoms with van der Waals surface area (Å²) in [6, 6.07) is 66.6. The average Bonchev–Trinajstić information content (AvgIpc) is 3.15. The molecule has 0 aliphatic rings. The van der Waals surface area contributed by atoms with Crippen molar-refractivity contribution < 1.29 is 0 Å². The normalized spacial score (nSPS) is 11.3. The zero-order valence-corrected chi connectivity index (χ0v) is 28.5. The molecule has 2 heteroatoms. The Morgan fingerprint density at radius 1 is 0.370 bits per heavy atom. The fraction of sp³-hybridized carbons (Fsp3) is 0.182. The molecule has 0 N–H and O–H groups in total. The summed E-state index contributed by atoms with van der Waals surface area (Å²) in [5, 5.41) is 4.47. The van der Waals surface area contributed by atoms with Gasteiger partial charge in [0.1, 0.15) is 23.2 Å². The molecular formula is C44H48BP. The van der Waals surface area contributed by atoms with E-state index in [-0.39, 0.29) is 0 Å². The van der Waals surface area contributed by atoms with Crippen LogP contribution in [0.3, 0.4) is 0 Å². The van der Waals surface area contributed by atoms with Crippen LogP contribution >= 0.6 is 7.26 Å². The van der Waals surface area contributed by atoms with E-state index in [1.807, 2.05) is 0 Å². The van der Waals surface area contributed by atoms with E-state index >= 15 is 0 Å². The molecule has 6 aromatic carbocycles. The number of hydrogen-bond donors (Lipinski definition) is 0. The summed E-state index contributed by atoms with van der Waals surface area (Å²) in [7, 11) is -1.57. The van der Waals surface area contributed by atoms with Gasteiger partial charge in [-0.25, -0.2) is 0 Å². The maximum Gasteiger partial charge on any atom is 0.112 e. The van der Waals surface area contributed by atoms with Gasteiger partial charge in [0.2, 0.25) is 0 Å². The molecule has 0 saturated carbocycles. The molecule has 0 fully saturated rings. The van der Waals surface area contributed by atoms with Crippen molar-refractivity contribution in [2.75, 3.05) is 6.16 Å². The van der Waals surface area contributed by atoms with Gasteiger partial charge in [0.05, 0.1) is 12.3 Å². The molecule has 0 aliphatic carbocycles. The molecule has 0 bridgehead atoms. The van der Waals surface area contributed by atoms with E-state index < -0.39 is 13.4 Å². The highest BCUT2D eigenvalue weighted by atomic mass is 31.2. The third-order valence-electron chi connectivity index (χ3n) is 9.53. The fourth-order valence-corrected chi connectivity index (χ4v) is 11.7. The molecule has 0 aromatic heterocycles. The van der Waals surface area contributed by atoms with E-state index in [0.717, 1.165) is 0 Å². The molecule has 0 spiro atoms. The molecule has 232 valence electrons. The zero-order chi connectivity index (χ0) is 31.9. The van der Waals surface area contributed by atoms with Crippen molar-refractivity contribution in [2.24, 2.45) is 0 Å². The van der Waals surface area contributed by atoms with Gasteiger partial charge in [0, 0.05) is 0 Å². The van der Waals surface area contributed by atoms with Gasteiger partial charge >= 0.3 is 0 Å². The molecule has 0 amide bonds. The molecule has 0 radical (unpaired) electrons. The van der Waals surface area contributed by atoms with E-state index in [4.69, 9.17) is 0 Å². The Kier molecular flexibility index (Phi) is 12.2. The van der Waals surface area contributed by atoms with E-state index in [1.165, 1.54) is 70.5 Å². The number of hydrogen-bond acceptors (Lipinski definition) is 0. The van der Waals surface area contributed by atoms with E-state index in [9.17, 15) is 0 Å².